The Kier molecular flexibility index (Phi) is 10.9. The van der Waals surface area contributed by atoms with Crippen molar-refractivity contribution in [1.29, 1.82) is 0 Å². The molecule has 2 amide bonds. The van der Waals surface area contributed by atoms with Crippen molar-refractivity contribution in [2.75, 3.05) is 39.9 Å². The number of amides is 2. The smallest absolute Gasteiger partial charge is 0.234 e. The summed E-state index contributed by atoms with van der Waals surface area (Å²) in [5.74, 6) is 0.208. The van der Waals surface area contributed by atoms with Crippen molar-refractivity contribution >= 4 is 24.2 Å². The number of rotatable bonds is 9. The highest BCUT2D eigenvalue weighted by atomic mass is 35.5. The second kappa shape index (κ2) is 12.7. The summed E-state index contributed by atoms with van der Waals surface area (Å²) in [6.07, 6.45) is 2.97. The van der Waals surface area contributed by atoms with Gasteiger partial charge in [-0.25, -0.2) is 0 Å². The molecule has 2 rings (SSSR count). The Balaban J connectivity index is 0.00000338. The fourth-order valence-corrected chi connectivity index (χ4v) is 2.98. The van der Waals surface area contributed by atoms with Crippen molar-refractivity contribution in [2.24, 2.45) is 0 Å². The van der Waals surface area contributed by atoms with E-state index < -0.39 is 0 Å². The predicted molar refractivity (Wildman–Crippen MR) is 105 cm³/mol. The number of likely N-dealkylation sites (tertiary alicyclic amines) is 1. The lowest BCUT2D eigenvalue weighted by Crippen LogP contribution is -2.48. The van der Waals surface area contributed by atoms with E-state index in [9.17, 15) is 9.59 Å². The number of halogens is 1. The summed E-state index contributed by atoms with van der Waals surface area (Å²) in [5.41, 5.74) is 1.19. The first-order chi connectivity index (χ1) is 12.2. The molecule has 2 N–H and O–H groups in total. The summed E-state index contributed by atoms with van der Waals surface area (Å²) in [4.78, 5) is 26.1. The average Bonchev–Trinajstić information content (AvgIpc) is 2.65. The van der Waals surface area contributed by atoms with Gasteiger partial charge in [-0.1, -0.05) is 30.3 Å². The van der Waals surface area contributed by atoms with E-state index in [-0.39, 0.29) is 30.3 Å². The van der Waals surface area contributed by atoms with Gasteiger partial charge in [0.05, 0.1) is 13.2 Å². The van der Waals surface area contributed by atoms with Gasteiger partial charge >= 0.3 is 0 Å². The fourth-order valence-electron chi connectivity index (χ4n) is 2.98. The fraction of sp³-hybridized carbons (Fsp3) is 0.579. The molecule has 1 aromatic carbocycles. The van der Waals surface area contributed by atoms with Gasteiger partial charge in [0.2, 0.25) is 11.8 Å². The van der Waals surface area contributed by atoms with E-state index in [4.69, 9.17) is 4.74 Å². The Morgan fingerprint density at radius 2 is 1.88 bits per heavy atom. The number of carbonyl (C=O) groups is 2. The largest absolute Gasteiger partial charge is 0.383 e. The molecule has 1 aromatic rings. The molecule has 146 valence electrons. The SMILES string of the molecule is COCCNCC(=O)NC1CCN(C(=O)CCc2ccccc2)CC1.Cl. The van der Waals surface area contributed by atoms with Crippen LogP contribution in [0.25, 0.3) is 0 Å². The Bertz CT molecular complexity index is 534. The Labute approximate surface area is 162 Å². The van der Waals surface area contributed by atoms with Crippen LogP contribution in [-0.2, 0) is 20.7 Å². The lowest BCUT2D eigenvalue weighted by atomic mass is 10.0. The normalized spacial score (nSPS) is 14.6. The highest BCUT2D eigenvalue weighted by Crippen LogP contribution is 2.13. The summed E-state index contributed by atoms with van der Waals surface area (Å²) in [7, 11) is 1.64. The molecule has 0 aliphatic carbocycles. The molecule has 7 heteroatoms. The number of hydrogen-bond donors (Lipinski definition) is 2. The van der Waals surface area contributed by atoms with Crippen LogP contribution in [0.15, 0.2) is 30.3 Å². The molecule has 26 heavy (non-hydrogen) atoms. The molecular formula is C19H30ClN3O3. The zero-order valence-electron chi connectivity index (χ0n) is 15.4. The number of aryl methyl sites for hydroxylation is 1. The van der Waals surface area contributed by atoms with E-state index in [2.05, 4.69) is 22.8 Å². The third kappa shape index (κ3) is 8.17. The van der Waals surface area contributed by atoms with Crippen molar-refractivity contribution in [3.8, 4) is 0 Å². The maximum absolute atomic E-state index is 12.3. The summed E-state index contributed by atoms with van der Waals surface area (Å²) in [6, 6.07) is 10.2. The molecular weight excluding hydrogens is 354 g/mol. The summed E-state index contributed by atoms with van der Waals surface area (Å²) in [5, 5.41) is 6.07. The van der Waals surface area contributed by atoms with Crippen molar-refractivity contribution in [3.63, 3.8) is 0 Å². The molecule has 1 aliphatic heterocycles. The zero-order chi connectivity index (χ0) is 17.9. The second-order valence-corrected chi connectivity index (χ2v) is 6.38. The van der Waals surface area contributed by atoms with E-state index >= 15 is 0 Å². The van der Waals surface area contributed by atoms with Gasteiger partial charge in [0.25, 0.3) is 0 Å². The first-order valence-electron chi connectivity index (χ1n) is 8.99. The molecule has 0 radical (unpaired) electrons. The maximum atomic E-state index is 12.3. The van der Waals surface area contributed by atoms with Crippen LogP contribution >= 0.6 is 12.4 Å². The van der Waals surface area contributed by atoms with Gasteiger partial charge in [-0.05, 0) is 24.8 Å². The highest BCUT2D eigenvalue weighted by molar-refractivity contribution is 5.85. The maximum Gasteiger partial charge on any atom is 0.234 e. The quantitative estimate of drug-likeness (QED) is 0.632. The standard InChI is InChI=1S/C19H29N3O3.ClH/c1-25-14-11-20-15-18(23)21-17-9-12-22(13-10-17)19(24)8-7-16-5-3-2-4-6-16;/h2-6,17,20H,7-15H2,1H3,(H,21,23);1H. The summed E-state index contributed by atoms with van der Waals surface area (Å²) in [6.45, 7) is 3.00. The van der Waals surface area contributed by atoms with Crippen LogP contribution in [0.2, 0.25) is 0 Å². The topological polar surface area (TPSA) is 70.7 Å². The monoisotopic (exact) mass is 383 g/mol. The van der Waals surface area contributed by atoms with Gasteiger partial charge in [-0.2, -0.15) is 0 Å². The lowest BCUT2D eigenvalue weighted by Gasteiger charge is -2.32. The highest BCUT2D eigenvalue weighted by Gasteiger charge is 2.23. The van der Waals surface area contributed by atoms with Crippen LogP contribution in [-0.4, -0.2) is 62.7 Å². The van der Waals surface area contributed by atoms with Gasteiger partial charge < -0.3 is 20.3 Å². The predicted octanol–water partition coefficient (Wildman–Crippen LogP) is 1.38. The number of ether oxygens (including phenoxy) is 1. The molecule has 0 saturated carbocycles. The van der Waals surface area contributed by atoms with Crippen LogP contribution in [0.1, 0.15) is 24.8 Å². The molecule has 1 heterocycles. The van der Waals surface area contributed by atoms with Crippen LogP contribution in [0.5, 0.6) is 0 Å². The first-order valence-corrected chi connectivity index (χ1v) is 8.99. The number of hydrogen-bond acceptors (Lipinski definition) is 4. The molecule has 0 aromatic heterocycles. The number of carbonyl (C=O) groups excluding carboxylic acids is 2. The number of nitrogens with one attached hydrogen (secondary N) is 2. The molecule has 1 aliphatic rings. The average molecular weight is 384 g/mol. The molecule has 1 saturated heterocycles. The minimum atomic E-state index is 0. The molecule has 0 unspecified atom stereocenters. The van der Waals surface area contributed by atoms with Crippen LogP contribution in [0, 0.1) is 0 Å². The Morgan fingerprint density at radius 3 is 2.54 bits per heavy atom. The van der Waals surface area contributed by atoms with Gasteiger partial charge in [0.1, 0.15) is 0 Å². The van der Waals surface area contributed by atoms with Crippen LogP contribution in [0.4, 0.5) is 0 Å². The number of methoxy groups -OCH3 is 1. The van der Waals surface area contributed by atoms with Crippen LogP contribution in [0.3, 0.4) is 0 Å². The summed E-state index contributed by atoms with van der Waals surface area (Å²) < 4.78 is 4.92. The number of benzene rings is 1. The lowest BCUT2D eigenvalue weighted by molar-refractivity contribution is -0.132. The Morgan fingerprint density at radius 1 is 1.19 bits per heavy atom. The molecule has 0 atom stereocenters. The zero-order valence-corrected chi connectivity index (χ0v) is 16.2. The Hall–Kier alpha value is -1.63. The molecule has 0 spiro atoms. The van der Waals surface area contributed by atoms with E-state index in [1.54, 1.807) is 7.11 Å². The van der Waals surface area contributed by atoms with Crippen molar-refractivity contribution in [1.82, 2.24) is 15.5 Å². The minimum absolute atomic E-state index is 0. The van der Waals surface area contributed by atoms with E-state index in [0.717, 1.165) is 32.4 Å². The minimum Gasteiger partial charge on any atom is -0.383 e. The van der Waals surface area contributed by atoms with Crippen molar-refractivity contribution in [2.45, 2.75) is 31.7 Å². The van der Waals surface area contributed by atoms with Crippen molar-refractivity contribution in [3.05, 3.63) is 35.9 Å². The molecule has 6 nitrogen and oxygen atoms in total. The van der Waals surface area contributed by atoms with Crippen LogP contribution < -0.4 is 10.6 Å². The third-order valence-electron chi connectivity index (χ3n) is 4.45. The third-order valence-corrected chi connectivity index (χ3v) is 4.45. The van der Waals surface area contributed by atoms with E-state index in [1.165, 1.54) is 5.56 Å². The number of nitrogens with zero attached hydrogens (tertiary/aromatic N) is 1. The summed E-state index contributed by atoms with van der Waals surface area (Å²) >= 11 is 0. The van der Waals surface area contributed by atoms with Gasteiger partial charge in [0, 0.05) is 39.2 Å². The van der Waals surface area contributed by atoms with Gasteiger partial charge in [-0.3, -0.25) is 9.59 Å². The van der Waals surface area contributed by atoms with Gasteiger partial charge in [-0.15, -0.1) is 12.4 Å². The first kappa shape index (κ1) is 22.4. The van der Waals surface area contributed by atoms with E-state index in [0.29, 0.717) is 26.1 Å². The second-order valence-electron chi connectivity index (χ2n) is 6.38. The molecule has 0 bridgehead atoms. The van der Waals surface area contributed by atoms with Crippen molar-refractivity contribution < 1.29 is 14.3 Å². The van der Waals surface area contributed by atoms with Gasteiger partial charge in [0.15, 0.2) is 0 Å². The molecule has 1 fully saturated rings. The van der Waals surface area contributed by atoms with E-state index in [1.807, 2.05) is 23.1 Å². The number of piperidine rings is 1.